The molecule has 1 aromatic carbocycles. The Morgan fingerprint density at radius 2 is 2.05 bits per heavy atom. The Balaban J connectivity index is 2.88. The zero-order valence-electron chi connectivity index (χ0n) is 10.3. The maximum absolute atomic E-state index is 14.1. The fourth-order valence-corrected chi connectivity index (χ4v) is 2.37. The van der Waals surface area contributed by atoms with Crippen molar-refractivity contribution in [3.63, 3.8) is 0 Å². The molecule has 0 saturated heterocycles. The summed E-state index contributed by atoms with van der Waals surface area (Å²) in [4.78, 5) is 18.0. The number of H-pyrrole nitrogens is 1. The Kier molecular flexibility index (Phi) is 4.39. The van der Waals surface area contributed by atoms with E-state index in [4.69, 9.17) is 5.26 Å². The number of rotatable bonds is 2. The highest BCUT2D eigenvalue weighted by atomic mass is 79.9. The number of thioether (sulfide) groups is 1. The van der Waals surface area contributed by atoms with Crippen LogP contribution in [0.25, 0.3) is 11.3 Å². The maximum Gasteiger partial charge on any atom is 0.270 e. The largest absolute Gasteiger partial charge is 0.300 e. The number of nitrogens with one attached hydrogen (secondary N) is 1. The lowest BCUT2D eigenvalue weighted by molar-refractivity contribution is 0.489. The van der Waals surface area contributed by atoms with E-state index in [0.717, 1.165) is 11.8 Å². The molecule has 0 radical (unpaired) electrons. The maximum atomic E-state index is 14.1. The van der Waals surface area contributed by atoms with Gasteiger partial charge in [-0.15, -0.1) is 0 Å². The van der Waals surface area contributed by atoms with Crippen molar-refractivity contribution >= 4 is 27.7 Å². The second-order valence-corrected chi connectivity index (χ2v) is 5.35. The van der Waals surface area contributed by atoms with Gasteiger partial charge >= 0.3 is 0 Å². The van der Waals surface area contributed by atoms with Gasteiger partial charge in [0.15, 0.2) is 16.8 Å². The Bertz CT molecular complexity index is 832. The smallest absolute Gasteiger partial charge is 0.270 e. The molecule has 0 saturated carbocycles. The number of aromatic amines is 1. The fraction of sp³-hybridized carbons (Fsp3) is 0.0833. The third kappa shape index (κ3) is 2.69. The minimum absolute atomic E-state index is 0.120. The first-order valence-electron chi connectivity index (χ1n) is 5.32. The molecule has 4 nitrogen and oxygen atoms in total. The molecule has 0 atom stereocenters. The minimum Gasteiger partial charge on any atom is -0.300 e. The molecule has 108 valence electrons. The van der Waals surface area contributed by atoms with E-state index in [1.165, 1.54) is 0 Å². The molecule has 0 fully saturated rings. The van der Waals surface area contributed by atoms with Gasteiger partial charge in [-0.05, 0) is 28.3 Å². The van der Waals surface area contributed by atoms with E-state index in [2.05, 4.69) is 25.9 Å². The van der Waals surface area contributed by atoms with Gasteiger partial charge in [0, 0.05) is 5.56 Å². The summed E-state index contributed by atoms with van der Waals surface area (Å²) < 4.78 is 40.1. The molecule has 1 N–H and O–H groups in total. The average molecular weight is 376 g/mol. The summed E-state index contributed by atoms with van der Waals surface area (Å²) in [6.45, 7) is 0. The van der Waals surface area contributed by atoms with Gasteiger partial charge in [0.05, 0.1) is 10.2 Å². The van der Waals surface area contributed by atoms with Crippen LogP contribution >= 0.6 is 27.7 Å². The van der Waals surface area contributed by atoms with Gasteiger partial charge in [0.25, 0.3) is 5.56 Å². The minimum atomic E-state index is -1.40. The molecular weight excluding hydrogens is 371 g/mol. The Morgan fingerprint density at radius 3 is 2.62 bits per heavy atom. The molecule has 1 aromatic heterocycles. The predicted octanol–water partition coefficient (Wildman–Crippen LogP) is 3.21. The molecule has 0 aliphatic rings. The van der Waals surface area contributed by atoms with Crippen molar-refractivity contribution in [1.29, 1.82) is 5.26 Å². The Hall–Kier alpha value is -1.79. The summed E-state index contributed by atoms with van der Waals surface area (Å²) in [6, 6.07) is 2.14. The van der Waals surface area contributed by atoms with E-state index in [-0.39, 0.29) is 10.9 Å². The number of hydrogen-bond donors (Lipinski definition) is 1. The van der Waals surface area contributed by atoms with Gasteiger partial charge in [0.1, 0.15) is 17.4 Å². The number of aromatic nitrogens is 2. The fourth-order valence-electron chi connectivity index (χ4n) is 1.59. The SMILES string of the molecule is CSc1nc(-c2cc(F)c(F)c(Br)c2F)c(C#N)c(=O)[nH]1. The first-order valence-corrected chi connectivity index (χ1v) is 7.34. The number of hydrogen-bond acceptors (Lipinski definition) is 4. The van der Waals surface area contributed by atoms with Gasteiger partial charge in [-0.2, -0.15) is 5.26 Å². The van der Waals surface area contributed by atoms with Crippen LogP contribution in [0, 0.1) is 28.8 Å². The molecule has 0 amide bonds. The molecule has 0 bridgehead atoms. The first kappa shape index (κ1) is 15.6. The summed E-state index contributed by atoms with van der Waals surface area (Å²) in [7, 11) is 0. The van der Waals surface area contributed by atoms with E-state index in [1.54, 1.807) is 12.3 Å². The number of nitrogens with zero attached hydrogens (tertiary/aromatic N) is 2. The molecule has 21 heavy (non-hydrogen) atoms. The highest BCUT2D eigenvalue weighted by molar-refractivity contribution is 9.10. The van der Waals surface area contributed by atoms with Crippen LogP contribution < -0.4 is 5.56 Å². The van der Waals surface area contributed by atoms with Crippen LogP contribution in [-0.4, -0.2) is 16.2 Å². The molecule has 0 unspecified atom stereocenters. The van der Waals surface area contributed by atoms with Gasteiger partial charge in [-0.1, -0.05) is 11.8 Å². The predicted molar refractivity (Wildman–Crippen MR) is 74.4 cm³/mol. The van der Waals surface area contributed by atoms with E-state index in [9.17, 15) is 18.0 Å². The summed E-state index contributed by atoms with van der Waals surface area (Å²) >= 11 is 3.64. The van der Waals surface area contributed by atoms with Crippen LogP contribution in [0.5, 0.6) is 0 Å². The normalized spacial score (nSPS) is 10.5. The van der Waals surface area contributed by atoms with Crippen molar-refractivity contribution in [3.8, 4) is 17.3 Å². The van der Waals surface area contributed by atoms with Crippen LogP contribution in [-0.2, 0) is 0 Å². The third-order valence-electron chi connectivity index (χ3n) is 2.56. The van der Waals surface area contributed by atoms with Crippen LogP contribution in [0.3, 0.4) is 0 Å². The summed E-state index contributed by atoms with van der Waals surface area (Å²) in [5, 5.41) is 9.11. The number of nitriles is 1. The Morgan fingerprint density at radius 1 is 1.38 bits per heavy atom. The second kappa shape index (κ2) is 5.91. The summed E-state index contributed by atoms with van der Waals surface area (Å²) in [5.74, 6) is -3.87. The molecule has 0 aliphatic heterocycles. The van der Waals surface area contributed by atoms with Crippen LogP contribution in [0.4, 0.5) is 13.2 Å². The van der Waals surface area contributed by atoms with E-state index in [0.29, 0.717) is 6.07 Å². The van der Waals surface area contributed by atoms with Crippen molar-refractivity contribution in [2.45, 2.75) is 5.16 Å². The molecule has 2 aromatic rings. The lowest BCUT2D eigenvalue weighted by Gasteiger charge is -2.08. The third-order valence-corrected chi connectivity index (χ3v) is 3.84. The lowest BCUT2D eigenvalue weighted by atomic mass is 10.1. The average Bonchev–Trinajstić information content (AvgIpc) is 2.47. The monoisotopic (exact) mass is 375 g/mol. The standard InChI is InChI=1S/C12H5BrF3N3OS/c1-21-12-18-10(5(3-17)11(20)19-12)4-2-6(14)9(16)7(13)8(4)15/h2H,1H3,(H,18,19,20). The van der Waals surface area contributed by atoms with Crippen molar-refractivity contribution in [1.82, 2.24) is 9.97 Å². The molecular formula is C12H5BrF3N3OS. The number of benzene rings is 1. The van der Waals surface area contributed by atoms with Crippen molar-refractivity contribution < 1.29 is 13.2 Å². The zero-order chi connectivity index (χ0) is 15.7. The van der Waals surface area contributed by atoms with Crippen LogP contribution in [0.15, 0.2) is 20.5 Å². The first-order chi connectivity index (χ1) is 9.90. The molecule has 0 aliphatic carbocycles. The number of halogens is 4. The van der Waals surface area contributed by atoms with E-state index in [1.807, 2.05) is 0 Å². The topological polar surface area (TPSA) is 69.5 Å². The van der Waals surface area contributed by atoms with Crippen LogP contribution in [0.2, 0.25) is 0 Å². The highest BCUT2D eigenvalue weighted by Gasteiger charge is 2.22. The molecule has 2 rings (SSSR count). The van der Waals surface area contributed by atoms with Gasteiger partial charge in [-0.3, -0.25) is 4.79 Å². The van der Waals surface area contributed by atoms with E-state index < -0.39 is 38.6 Å². The lowest BCUT2D eigenvalue weighted by Crippen LogP contribution is -2.15. The summed E-state index contributed by atoms with van der Waals surface area (Å²) in [6.07, 6.45) is 1.60. The van der Waals surface area contributed by atoms with E-state index >= 15 is 0 Å². The molecule has 1 heterocycles. The van der Waals surface area contributed by atoms with Gasteiger partial charge in [-0.25, -0.2) is 18.2 Å². The van der Waals surface area contributed by atoms with Gasteiger partial charge < -0.3 is 4.98 Å². The Labute approximate surface area is 129 Å². The molecule has 0 spiro atoms. The summed E-state index contributed by atoms with van der Waals surface area (Å²) in [5.41, 5.74) is -2.09. The zero-order valence-corrected chi connectivity index (χ0v) is 12.7. The van der Waals surface area contributed by atoms with Crippen molar-refractivity contribution in [2.24, 2.45) is 0 Å². The van der Waals surface area contributed by atoms with Gasteiger partial charge in [0.2, 0.25) is 0 Å². The quantitative estimate of drug-likeness (QED) is 0.378. The highest BCUT2D eigenvalue weighted by Crippen LogP contribution is 2.32. The second-order valence-electron chi connectivity index (χ2n) is 3.76. The van der Waals surface area contributed by atoms with Crippen molar-refractivity contribution in [3.05, 3.63) is 43.9 Å². The van der Waals surface area contributed by atoms with Crippen molar-refractivity contribution in [2.75, 3.05) is 6.26 Å². The van der Waals surface area contributed by atoms with Crippen LogP contribution in [0.1, 0.15) is 5.56 Å². The molecule has 9 heteroatoms.